The lowest BCUT2D eigenvalue weighted by molar-refractivity contribution is 0.0707. The number of hydrogen-bond donors (Lipinski definition) is 0. The van der Waals surface area contributed by atoms with Crippen molar-refractivity contribution in [1.29, 1.82) is 0 Å². The van der Waals surface area contributed by atoms with E-state index in [1.165, 1.54) is 0 Å². The van der Waals surface area contributed by atoms with Crippen molar-refractivity contribution in [3.05, 3.63) is 104 Å². The first-order valence-electron chi connectivity index (χ1n) is 11.4. The first-order valence-corrected chi connectivity index (χ1v) is 11.8. The molecule has 3 aromatic carbocycles. The molecule has 0 N–H and O–H groups in total. The molecule has 1 aliphatic rings. The summed E-state index contributed by atoms with van der Waals surface area (Å²) in [5.74, 6) is 1.05. The maximum absolute atomic E-state index is 13.7. The highest BCUT2D eigenvalue weighted by atomic mass is 35.5. The van der Waals surface area contributed by atoms with Crippen LogP contribution in [-0.2, 0) is 4.74 Å². The van der Waals surface area contributed by atoms with Crippen LogP contribution in [0.5, 0.6) is 11.5 Å². The van der Waals surface area contributed by atoms with Gasteiger partial charge in [0.05, 0.1) is 17.0 Å². The van der Waals surface area contributed by atoms with Gasteiger partial charge in [-0.2, -0.15) is 0 Å². The molecule has 1 amide bonds. The quantitative estimate of drug-likeness (QED) is 0.292. The lowest BCUT2D eigenvalue weighted by atomic mass is 9.98. The van der Waals surface area contributed by atoms with Crippen molar-refractivity contribution < 1.29 is 18.7 Å². The summed E-state index contributed by atoms with van der Waals surface area (Å²) in [5, 5.41) is 0.827. The fourth-order valence-corrected chi connectivity index (χ4v) is 4.63. The number of hydrogen-bond acceptors (Lipinski definition) is 5. The number of benzene rings is 3. The number of para-hydroxylation sites is 1. The second-order valence-corrected chi connectivity index (χ2v) is 8.91. The van der Waals surface area contributed by atoms with Gasteiger partial charge >= 0.3 is 0 Å². The summed E-state index contributed by atoms with van der Waals surface area (Å²) in [4.78, 5) is 28.9. The van der Waals surface area contributed by atoms with Crippen molar-refractivity contribution in [3.8, 4) is 11.5 Å². The van der Waals surface area contributed by atoms with Crippen LogP contribution in [0.15, 0.2) is 75.9 Å². The average molecular weight is 490 g/mol. The number of ether oxygens (including phenoxy) is 2. The summed E-state index contributed by atoms with van der Waals surface area (Å²) in [6.45, 7) is 2.72. The molecule has 0 aliphatic carbocycles. The molecule has 5 rings (SSSR count). The smallest absolute Gasteiger partial charge is 0.290 e. The molecule has 0 saturated carbocycles. The van der Waals surface area contributed by atoms with Crippen LogP contribution in [0.25, 0.3) is 11.0 Å². The Bertz CT molecular complexity index is 1460. The summed E-state index contributed by atoms with van der Waals surface area (Å²) in [7, 11) is 1.62. The number of rotatable bonds is 7. The van der Waals surface area contributed by atoms with Gasteiger partial charge < -0.3 is 18.8 Å². The molecule has 0 saturated heterocycles. The van der Waals surface area contributed by atoms with E-state index in [0.717, 1.165) is 11.1 Å². The van der Waals surface area contributed by atoms with Gasteiger partial charge in [-0.25, -0.2) is 0 Å². The van der Waals surface area contributed by atoms with Crippen LogP contribution in [0.1, 0.15) is 39.7 Å². The minimum absolute atomic E-state index is 0.0704. The lowest BCUT2D eigenvalue weighted by Gasteiger charge is -2.25. The third-order valence-corrected chi connectivity index (χ3v) is 6.55. The number of amides is 1. The molecule has 0 radical (unpaired) electrons. The Balaban J connectivity index is 1.64. The van der Waals surface area contributed by atoms with Crippen molar-refractivity contribution in [3.63, 3.8) is 0 Å². The molecule has 6 nitrogen and oxygen atoms in total. The number of carbonyl (C=O) groups is 1. The van der Waals surface area contributed by atoms with E-state index >= 15 is 0 Å². The normalized spacial score (nSPS) is 15.0. The van der Waals surface area contributed by atoms with E-state index in [2.05, 4.69) is 0 Å². The Morgan fingerprint density at radius 3 is 2.54 bits per heavy atom. The van der Waals surface area contributed by atoms with Crippen LogP contribution in [0, 0.1) is 6.92 Å². The summed E-state index contributed by atoms with van der Waals surface area (Å²) in [5.41, 5.74) is 1.93. The molecule has 7 heteroatoms. The predicted molar refractivity (Wildman–Crippen MR) is 135 cm³/mol. The van der Waals surface area contributed by atoms with E-state index in [1.54, 1.807) is 24.1 Å². The van der Waals surface area contributed by atoms with Gasteiger partial charge in [-0.1, -0.05) is 41.9 Å². The number of nitrogens with zero attached hydrogens (tertiary/aromatic N) is 1. The second kappa shape index (κ2) is 9.56. The van der Waals surface area contributed by atoms with Crippen LogP contribution < -0.4 is 10.2 Å². The molecule has 4 aromatic rings. The highest BCUT2D eigenvalue weighted by Gasteiger charge is 2.42. The molecule has 35 heavy (non-hydrogen) atoms. The predicted octanol–water partition coefficient (Wildman–Crippen LogP) is 6.13. The zero-order valence-corrected chi connectivity index (χ0v) is 20.2. The van der Waals surface area contributed by atoms with Crippen LogP contribution >= 0.6 is 11.6 Å². The van der Waals surface area contributed by atoms with Crippen LogP contribution in [0.4, 0.5) is 0 Å². The molecule has 1 aliphatic heterocycles. The van der Waals surface area contributed by atoms with Gasteiger partial charge in [-0.05, 0) is 60.9 Å². The zero-order chi connectivity index (χ0) is 24.5. The number of aryl methyl sites for hydroxylation is 1. The molecule has 0 bridgehead atoms. The number of methoxy groups -OCH3 is 1. The van der Waals surface area contributed by atoms with Crippen molar-refractivity contribution in [1.82, 2.24) is 4.90 Å². The van der Waals surface area contributed by atoms with E-state index in [0.29, 0.717) is 52.6 Å². The molecule has 178 valence electrons. The summed E-state index contributed by atoms with van der Waals surface area (Å²) in [6.07, 6.45) is 0.617. The Morgan fingerprint density at radius 1 is 1.00 bits per heavy atom. The van der Waals surface area contributed by atoms with E-state index in [-0.39, 0.29) is 17.1 Å². The van der Waals surface area contributed by atoms with Crippen LogP contribution in [-0.4, -0.2) is 31.1 Å². The molecule has 0 fully saturated rings. The lowest BCUT2D eigenvalue weighted by Crippen LogP contribution is -2.31. The highest BCUT2D eigenvalue weighted by molar-refractivity contribution is 6.32. The first kappa shape index (κ1) is 23.1. The molecule has 1 aromatic heterocycles. The van der Waals surface area contributed by atoms with E-state index < -0.39 is 6.04 Å². The third-order valence-electron chi connectivity index (χ3n) is 6.15. The van der Waals surface area contributed by atoms with Gasteiger partial charge in [0.25, 0.3) is 5.91 Å². The number of halogens is 1. The van der Waals surface area contributed by atoms with E-state index in [1.807, 2.05) is 61.5 Å². The van der Waals surface area contributed by atoms with Crippen molar-refractivity contribution in [2.24, 2.45) is 0 Å². The van der Waals surface area contributed by atoms with Crippen molar-refractivity contribution in [2.45, 2.75) is 19.4 Å². The monoisotopic (exact) mass is 489 g/mol. The molecule has 1 unspecified atom stereocenters. The van der Waals surface area contributed by atoms with Crippen LogP contribution in [0.3, 0.4) is 0 Å². The van der Waals surface area contributed by atoms with Gasteiger partial charge in [0.1, 0.15) is 17.1 Å². The first-order chi connectivity index (χ1) is 17.0. The fourth-order valence-electron chi connectivity index (χ4n) is 4.47. The van der Waals surface area contributed by atoms with Gasteiger partial charge in [-0.3, -0.25) is 9.59 Å². The summed E-state index contributed by atoms with van der Waals surface area (Å²) in [6, 6.07) is 19.6. The minimum Gasteiger partial charge on any atom is -0.457 e. The fraction of sp³-hybridized carbons (Fsp3) is 0.214. The SMILES string of the molecule is COCCCN1C(=O)c2oc3cc(C)c(Cl)cc3c(=O)c2C1c1cccc(Oc2ccccc2)c1. The van der Waals surface area contributed by atoms with E-state index in [9.17, 15) is 9.59 Å². The molecule has 1 atom stereocenters. The maximum atomic E-state index is 13.7. The standard InChI is InChI=1S/C28H24ClNO5/c1-17-14-23-21(16-22(17)29)26(31)24-25(30(12-7-13-33-2)28(32)27(24)35-23)18-8-6-11-20(15-18)34-19-9-4-3-5-10-19/h3-6,8-11,14-16,25H,7,12-13H2,1-2H3. The average Bonchev–Trinajstić information content (AvgIpc) is 3.13. The van der Waals surface area contributed by atoms with Crippen molar-refractivity contribution >= 4 is 28.5 Å². The summed E-state index contributed by atoms with van der Waals surface area (Å²) < 4.78 is 17.2. The molecular formula is C28H24ClNO5. The largest absolute Gasteiger partial charge is 0.457 e. The Morgan fingerprint density at radius 2 is 1.77 bits per heavy atom. The third kappa shape index (κ3) is 4.31. The van der Waals surface area contributed by atoms with Gasteiger partial charge in [0, 0.05) is 25.3 Å². The van der Waals surface area contributed by atoms with Gasteiger partial charge in [-0.15, -0.1) is 0 Å². The Kier molecular flexibility index (Phi) is 6.32. The molecule has 0 spiro atoms. The maximum Gasteiger partial charge on any atom is 0.290 e. The van der Waals surface area contributed by atoms with Gasteiger partial charge in [0.2, 0.25) is 5.76 Å². The summed E-state index contributed by atoms with van der Waals surface area (Å²) >= 11 is 6.32. The Hall–Kier alpha value is -3.61. The topological polar surface area (TPSA) is 69.0 Å². The second-order valence-electron chi connectivity index (χ2n) is 8.51. The number of fused-ring (bicyclic) bond motifs is 2. The molecule has 2 heterocycles. The van der Waals surface area contributed by atoms with Crippen molar-refractivity contribution in [2.75, 3.05) is 20.3 Å². The Labute approximate surface area is 207 Å². The highest BCUT2D eigenvalue weighted by Crippen LogP contribution is 2.40. The van der Waals surface area contributed by atoms with E-state index in [4.69, 9.17) is 25.5 Å². The molecular weight excluding hydrogens is 466 g/mol. The minimum atomic E-state index is -0.616. The van der Waals surface area contributed by atoms with Gasteiger partial charge in [0.15, 0.2) is 5.43 Å². The van der Waals surface area contributed by atoms with Crippen LogP contribution in [0.2, 0.25) is 5.02 Å². The zero-order valence-electron chi connectivity index (χ0n) is 19.4. The number of carbonyl (C=O) groups excluding carboxylic acids is 1.